The average molecular weight is 395 g/mol. The van der Waals surface area contributed by atoms with Gasteiger partial charge in [0.15, 0.2) is 0 Å². The summed E-state index contributed by atoms with van der Waals surface area (Å²) >= 11 is 0. The van der Waals surface area contributed by atoms with E-state index in [1.807, 2.05) is 41.8 Å². The first-order valence-corrected chi connectivity index (χ1v) is 9.47. The van der Waals surface area contributed by atoms with E-state index in [1.165, 1.54) is 0 Å². The lowest BCUT2D eigenvalue weighted by Crippen LogP contribution is -2.33. The molecule has 0 spiro atoms. The van der Waals surface area contributed by atoms with Gasteiger partial charge in [-0.2, -0.15) is 0 Å². The van der Waals surface area contributed by atoms with Crippen molar-refractivity contribution in [3.8, 4) is 5.75 Å². The van der Waals surface area contributed by atoms with Crippen molar-refractivity contribution in [1.29, 1.82) is 0 Å². The van der Waals surface area contributed by atoms with Crippen LogP contribution < -0.4 is 4.90 Å². The van der Waals surface area contributed by atoms with Crippen molar-refractivity contribution < 1.29 is 19.7 Å². The van der Waals surface area contributed by atoms with Crippen LogP contribution in [0.2, 0.25) is 0 Å². The van der Waals surface area contributed by atoms with E-state index in [0.717, 1.165) is 11.1 Å². The van der Waals surface area contributed by atoms with Gasteiger partial charge in [-0.15, -0.1) is 0 Å². The van der Waals surface area contributed by atoms with Crippen molar-refractivity contribution in [2.75, 3.05) is 11.4 Å². The van der Waals surface area contributed by atoms with Crippen LogP contribution in [0.3, 0.4) is 0 Å². The Hall–Kier alpha value is -3.32. The number of nitrogens with zero attached hydrogens (tertiary/aromatic N) is 3. The Bertz CT molecular complexity index is 940. The third-order valence-corrected chi connectivity index (χ3v) is 4.62. The number of ether oxygens (including phenoxy) is 1. The molecule has 0 bridgehead atoms. The van der Waals surface area contributed by atoms with Gasteiger partial charge in [0.25, 0.3) is 0 Å². The normalized spacial score (nSPS) is 10.7. The van der Waals surface area contributed by atoms with E-state index in [9.17, 15) is 15.0 Å². The zero-order valence-corrected chi connectivity index (χ0v) is 16.4. The van der Waals surface area contributed by atoms with Gasteiger partial charge in [0.05, 0.1) is 5.69 Å². The SMILES string of the molecule is Cc1cc(O)ccc1N(CCCn1ccnc1CO)C(=O)OCc1ccccc1. The molecule has 1 heterocycles. The van der Waals surface area contributed by atoms with E-state index in [-0.39, 0.29) is 19.0 Å². The largest absolute Gasteiger partial charge is 0.508 e. The van der Waals surface area contributed by atoms with Gasteiger partial charge in [0, 0.05) is 25.5 Å². The maximum absolute atomic E-state index is 12.9. The number of aryl methyl sites for hydroxylation is 2. The van der Waals surface area contributed by atoms with Crippen LogP contribution in [0.15, 0.2) is 60.9 Å². The number of anilines is 1. The molecule has 7 nitrogen and oxygen atoms in total. The molecule has 1 amide bonds. The average Bonchev–Trinajstić information content (AvgIpc) is 3.18. The number of hydrogen-bond donors (Lipinski definition) is 2. The number of rotatable bonds is 8. The smallest absolute Gasteiger partial charge is 0.414 e. The molecular weight excluding hydrogens is 370 g/mol. The second kappa shape index (κ2) is 9.75. The van der Waals surface area contributed by atoms with Crippen molar-refractivity contribution in [1.82, 2.24) is 9.55 Å². The van der Waals surface area contributed by atoms with Crippen LogP contribution in [-0.4, -0.2) is 32.4 Å². The molecule has 3 aromatic rings. The van der Waals surface area contributed by atoms with E-state index in [2.05, 4.69) is 4.98 Å². The van der Waals surface area contributed by atoms with Crippen molar-refractivity contribution >= 4 is 11.8 Å². The summed E-state index contributed by atoms with van der Waals surface area (Å²) < 4.78 is 7.39. The molecule has 0 fully saturated rings. The van der Waals surface area contributed by atoms with E-state index < -0.39 is 6.09 Å². The highest BCUT2D eigenvalue weighted by Crippen LogP contribution is 2.25. The van der Waals surface area contributed by atoms with E-state index in [1.54, 1.807) is 35.5 Å². The molecule has 0 saturated carbocycles. The summed E-state index contributed by atoms with van der Waals surface area (Å²) in [5.74, 6) is 0.735. The van der Waals surface area contributed by atoms with Crippen molar-refractivity contribution in [3.63, 3.8) is 0 Å². The number of aliphatic hydroxyl groups excluding tert-OH is 1. The fraction of sp³-hybridized carbons (Fsp3) is 0.273. The number of amides is 1. The van der Waals surface area contributed by atoms with Crippen LogP contribution in [0.25, 0.3) is 0 Å². The number of hydrogen-bond acceptors (Lipinski definition) is 5. The minimum absolute atomic E-state index is 0.132. The maximum atomic E-state index is 12.9. The first kappa shape index (κ1) is 20.4. The molecule has 2 N–H and O–H groups in total. The number of imidazole rings is 1. The summed E-state index contributed by atoms with van der Waals surface area (Å²) in [7, 11) is 0. The zero-order valence-electron chi connectivity index (χ0n) is 16.4. The maximum Gasteiger partial charge on any atom is 0.414 e. The molecule has 0 aliphatic carbocycles. The molecule has 0 aliphatic rings. The molecule has 152 valence electrons. The lowest BCUT2D eigenvalue weighted by Gasteiger charge is -2.24. The van der Waals surface area contributed by atoms with Gasteiger partial charge < -0.3 is 19.5 Å². The first-order valence-electron chi connectivity index (χ1n) is 9.47. The van der Waals surface area contributed by atoms with E-state index in [4.69, 9.17) is 4.74 Å². The number of benzene rings is 2. The number of aromatic nitrogens is 2. The topological polar surface area (TPSA) is 87.8 Å². The van der Waals surface area contributed by atoms with Gasteiger partial charge in [-0.05, 0) is 42.7 Å². The van der Waals surface area contributed by atoms with Gasteiger partial charge in [0.1, 0.15) is 24.8 Å². The standard InChI is InChI=1S/C22H25N3O4/c1-17-14-19(27)8-9-20(17)25(12-5-11-24-13-10-23-21(24)15-26)22(28)29-16-18-6-3-2-4-7-18/h2-4,6-10,13-14,26-27H,5,11-12,15-16H2,1H3. The highest BCUT2D eigenvalue weighted by molar-refractivity contribution is 5.88. The fourth-order valence-corrected chi connectivity index (χ4v) is 3.14. The van der Waals surface area contributed by atoms with Crippen LogP contribution >= 0.6 is 0 Å². The van der Waals surface area contributed by atoms with Crippen molar-refractivity contribution in [2.24, 2.45) is 0 Å². The molecule has 2 aromatic carbocycles. The molecule has 29 heavy (non-hydrogen) atoms. The third kappa shape index (κ3) is 5.36. The number of carbonyl (C=O) groups is 1. The zero-order chi connectivity index (χ0) is 20.6. The fourth-order valence-electron chi connectivity index (χ4n) is 3.14. The van der Waals surface area contributed by atoms with Gasteiger partial charge in [-0.25, -0.2) is 9.78 Å². The number of aromatic hydroxyl groups is 1. The van der Waals surface area contributed by atoms with Crippen LogP contribution in [0.5, 0.6) is 5.75 Å². The number of carbonyl (C=O) groups excluding carboxylic acids is 1. The summed E-state index contributed by atoms with van der Waals surface area (Å²) in [5, 5.41) is 19.0. The van der Waals surface area contributed by atoms with Gasteiger partial charge in [0.2, 0.25) is 0 Å². The molecule has 7 heteroatoms. The quantitative estimate of drug-likeness (QED) is 0.608. The highest BCUT2D eigenvalue weighted by atomic mass is 16.6. The summed E-state index contributed by atoms with van der Waals surface area (Å²) in [6.45, 7) is 2.92. The minimum atomic E-state index is -0.448. The Morgan fingerprint density at radius 3 is 2.72 bits per heavy atom. The summed E-state index contributed by atoms with van der Waals surface area (Å²) in [5.41, 5.74) is 2.38. The van der Waals surface area contributed by atoms with Crippen molar-refractivity contribution in [2.45, 2.75) is 33.1 Å². The van der Waals surface area contributed by atoms with Crippen LogP contribution in [0, 0.1) is 6.92 Å². The first-order chi connectivity index (χ1) is 14.1. The summed E-state index contributed by atoms with van der Waals surface area (Å²) in [6, 6.07) is 14.4. The van der Waals surface area contributed by atoms with Crippen LogP contribution in [0.4, 0.5) is 10.5 Å². The number of phenolic OH excluding ortho intramolecular Hbond substituents is 1. The lowest BCUT2D eigenvalue weighted by atomic mass is 10.1. The Kier molecular flexibility index (Phi) is 6.86. The molecule has 0 saturated heterocycles. The third-order valence-electron chi connectivity index (χ3n) is 4.62. The second-order valence-electron chi connectivity index (χ2n) is 6.71. The van der Waals surface area contributed by atoms with Gasteiger partial charge >= 0.3 is 6.09 Å². The van der Waals surface area contributed by atoms with Crippen LogP contribution in [0.1, 0.15) is 23.4 Å². The molecule has 0 unspecified atom stereocenters. The predicted molar refractivity (Wildman–Crippen MR) is 110 cm³/mol. The second-order valence-corrected chi connectivity index (χ2v) is 6.71. The monoisotopic (exact) mass is 395 g/mol. The van der Waals surface area contributed by atoms with E-state index in [0.29, 0.717) is 31.0 Å². The van der Waals surface area contributed by atoms with Gasteiger partial charge in [-0.3, -0.25) is 4.90 Å². The Morgan fingerprint density at radius 1 is 1.21 bits per heavy atom. The molecule has 0 atom stereocenters. The Morgan fingerprint density at radius 2 is 2.00 bits per heavy atom. The number of phenols is 1. The number of aliphatic hydroxyl groups is 1. The molecule has 1 aromatic heterocycles. The molecule has 3 rings (SSSR count). The minimum Gasteiger partial charge on any atom is -0.508 e. The predicted octanol–water partition coefficient (Wildman–Crippen LogP) is 3.62. The van der Waals surface area contributed by atoms with E-state index >= 15 is 0 Å². The molecule has 0 aliphatic heterocycles. The highest BCUT2D eigenvalue weighted by Gasteiger charge is 2.19. The molecular formula is C22H25N3O4. The Labute approximate surface area is 169 Å². The van der Waals surface area contributed by atoms with Crippen LogP contribution in [-0.2, 0) is 24.5 Å². The lowest BCUT2D eigenvalue weighted by molar-refractivity contribution is 0.147. The molecule has 0 radical (unpaired) electrons. The summed E-state index contributed by atoms with van der Waals surface area (Å²) in [4.78, 5) is 18.5. The Balaban J connectivity index is 1.71. The van der Waals surface area contributed by atoms with Gasteiger partial charge in [-0.1, -0.05) is 30.3 Å². The summed E-state index contributed by atoms with van der Waals surface area (Å²) in [6.07, 6.45) is 3.64. The van der Waals surface area contributed by atoms with Crippen molar-refractivity contribution in [3.05, 3.63) is 77.9 Å².